The molecular formula is C13H16F3N. The van der Waals surface area contributed by atoms with Crippen molar-refractivity contribution in [2.75, 3.05) is 5.32 Å². The van der Waals surface area contributed by atoms with Crippen LogP contribution in [-0.2, 0) is 0 Å². The van der Waals surface area contributed by atoms with Gasteiger partial charge < -0.3 is 5.32 Å². The Labute approximate surface area is 99.0 Å². The van der Waals surface area contributed by atoms with Crippen molar-refractivity contribution in [2.45, 2.75) is 37.9 Å². The summed E-state index contributed by atoms with van der Waals surface area (Å²) in [5, 5.41) is 3.02. The summed E-state index contributed by atoms with van der Waals surface area (Å²) in [6, 6.07) is 8.64. The molecule has 0 amide bonds. The largest absolute Gasteiger partial charge is 0.393 e. The van der Waals surface area contributed by atoms with Crippen LogP contribution in [0.3, 0.4) is 0 Å². The summed E-state index contributed by atoms with van der Waals surface area (Å²) in [7, 11) is 0. The van der Waals surface area contributed by atoms with Gasteiger partial charge in [0.1, 0.15) is 0 Å². The van der Waals surface area contributed by atoms with Gasteiger partial charge in [-0.25, -0.2) is 0 Å². The van der Waals surface area contributed by atoms with E-state index in [4.69, 9.17) is 0 Å². The Morgan fingerprint density at radius 3 is 2.29 bits per heavy atom. The second-order valence-electron chi connectivity index (χ2n) is 4.55. The lowest BCUT2D eigenvalue weighted by Crippen LogP contribution is -2.41. The molecule has 0 radical (unpaired) electrons. The number of benzene rings is 1. The highest BCUT2D eigenvalue weighted by Gasteiger charge is 2.45. The highest BCUT2D eigenvalue weighted by Crippen LogP contribution is 2.38. The standard InChI is InChI=1S/C13H16F3N/c14-13(15,16)11-8-4-5-9-12(11)17-10-6-2-1-3-7-10/h1-3,6-7,11-12,17H,4-5,8-9H2. The zero-order chi connectivity index (χ0) is 12.3. The van der Waals surface area contributed by atoms with Crippen LogP contribution >= 0.6 is 0 Å². The molecule has 1 aliphatic carbocycles. The van der Waals surface area contributed by atoms with Gasteiger partial charge in [0.25, 0.3) is 0 Å². The number of anilines is 1. The molecule has 0 heterocycles. The van der Waals surface area contributed by atoms with Crippen LogP contribution in [0.15, 0.2) is 30.3 Å². The van der Waals surface area contributed by atoms with E-state index in [0.717, 1.165) is 12.1 Å². The summed E-state index contributed by atoms with van der Waals surface area (Å²) in [6.07, 6.45) is -1.70. The van der Waals surface area contributed by atoms with E-state index >= 15 is 0 Å². The van der Waals surface area contributed by atoms with Crippen LogP contribution in [0, 0.1) is 5.92 Å². The summed E-state index contributed by atoms with van der Waals surface area (Å²) in [4.78, 5) is 0. The van der Waals surface area contributed by atoms with E-state index in [1.54, 1.807) is 0 Å². The van der Waals surface area contributed by atoms with Crippen molar-refractivity contribution in [3.8, 4) is 0 Å². The number of para-hydroxylation sites is 1. The summed E-state index contributed by atoms with van der Waals surface area (Å²) in [5.41, 5.74) is 0.772. The molecule has 0 spiro atoms. The highest BCUT2D eigenvalue weighted by molar-refractivity contribution is 5.43. The van der Waals surface area contributed by atoms with E-state index < -0.39 is 18.1 Å². The minimum absolute atomic E-state index is 0.244. The molecule has 17 heavy (non-hydrogen) atoms. The van der Waals surface area contributed by atoms with Crippen molar-refractivity contribution in [2.24, 2.45) is 5.92 Å². The third-order valence-corrected chi connectivity index (χ3v) is 3.31. The van der Waals surface area contributed by atoms with Gasteiger partial charge in [-0.3, -0.25) is 0 Å². The number of hydrogen-bond acceptors (Lipinski definition) is 1. The number of halogens is 3. The molecule has 0 aromatic heterocycles. The summed E-state index contributed by atoms with van der Waals surface area (Å²) < 4.78 is 38.6. The Morgan fingerprint density at radius 2 is 1.65 bits per heavy atom. The van der Waals surface area contributed by atoms with E-state index in [1.807, 2.05) is 30.3 Å². The smallest absolute Gasteiger partial charge is 0.382 e. The molecule has 0 aliphatic heterocycles. The first-order valence-electron chi connectivity index (χ1n) is 5.95. The molecule has 1 aromatic rings. The molecule has 1 N–H and O–H groups in total. The highest BCUT2D eigenvalue weighted by atomic mass is 19.4. The van der Waals surface area contributed by atoms with Crippen LogP contribution in [0.1, 0.15) is 25.7 Å². The van der Waals surface area contributed by atoms with Crippen LogP contribution in [-0.4, -0.2) is 12.2 Å². The summed E-state index contributed by atoms with van der Waals surface area (Å²) in [5.74, 6) is -1.21. The van der Waals surface area contributed by atoms with Crippen LogP contribution in [0.2, 0.25) is 0 Å². The molecule has 1 aliphatic rings. The lowest BCUT2D eigenvalue weighted by Gasteiger charge is -2.34. The van der Waals surface area contributed by atoms with Gasteiger partial charge in [0.15, 0.2) is 0 Å². The fourth-order valence-corrected chi connectivity index (χ4v) is 2.44. The van der Waals surface area contributed by atoms with E-state index in [1.165, 1.54) is 0 Å². The average Bonchev–Trinajstić information content (AvgIpc) is 2.30. The monoisotopic (exact) mass is 243 g/mol. The van der Waals surface area contributed by atoms with Crippen molar-refractivity contribution in [3.05, 3.63) is 30.3 Å². The quantitative estimate of drug-likeness (QED) is 0.820. The lowest BCUT2D eigenvalue weighted by atomic mass is 9.84. The van der Waals surface area contributed by atoms with Gasteiger partial charge in [0.2, 0.25) is 0 Å². The van der Waals surface area contributed by atoms with Crippen molar-refractivity contribution < 1.29 is 13.2 Å². The van der Waals surface area contributed by atoms with E-state index in [9.17, 15) is 13.2 Å². The first-order chi connectivity index (χ1) is 8.07. The molecule has 94 valence electrons. The maximum atomic E-state index is 12.9. The summed E-state index contributed by atoms with van der Waals surface area (Å²) in [6.45, 7) is 0. The summed E-state index contributed by atoms with van der Waals surface area (Å²) >= 11 is 0. The molecule has 2 atom stereocenters. The first-order valence-corrected chi connectivity index (χ1v) is 5.95. The topological polar surface area (TPSA) is 12.0 Å². The van der Waals surface area contributed by atoms with E-state index in [0.29, 0.717) is 12.8 Å². The van der Waals surface area contributed by atoms with Gasteiger partial charge in [-0.15, -0.1) is 0 Å². The van der Waals surface area contributed by atoms with Crippen LogP contribution in [0.4, 0.5) is 18.9 Å². The zero-order valence-electron chi connectivity index (χ0n) is 9.50. The number of hydrogen-bond donors (Lipinski definition) is 1. The molecule has 0 saturated heterocycles. The molecule has 4 heteroatoms. The normalized spacial score (nSPS) is 25.6. The first kappa shape index (κ1) is 12.3. The molecular weight excluding hydrogens is 227 g/mol. The van der Waals surface area contributed by atoms with Crippen molar-refractivity contribution in [3.63, 3.8) is 0 Å². The average molecular weight is 243 g/mol. The molecule has 1 saturated carbocycles. The Morgan fingerprint density at radius 1 is 1.00 bits per heavy atom. The van der Waals surface area contributed by atoms with Gasteiger partial charge >= 0.3 is 6.18 Å². The van der Waals surface area contributed by atoms with Gasteiger partial charge in [-0.2, -0.15) is 13.2 Å². The SMILES string of the molecule is FC(F)(F)C1CCCCC1Nc1ccccc1. The van der Waals surface area contributed by atoms with Crippen LogP contribution < -0.4 is 5.32 Å². The van der Waals surface area contributed by atoms with Gasteiger partial charge in [0, 0.05) is 11.7 Å². The Balaban J connectivity index is 2.07. The molecule has 1 nitrogen and oxygen atoms in total. The zero-order valence-corrected chi connectivity index (χ0v) is 9.50. The van der Waals surface area contributed by atoms with Crippen molar-refractivity contribution >= 4 is 5.69 Å². The lowest BCUT2D eigenvalue weighted by molar-refractivity contribution is -0.184. The third-order valence-electron chi connectivity index (χ3n) is 3.31. The minimum Gasteiger partial charge on any atom is -0.382 e. The fourth-order valence-electron chi connectivity index (χ4n) is 2.44. The Hall–Kier alpha value is -1.19. The van der Waals surface area contributed by atoms with Crippen molar-refractivity contribution in [1.29, 1.82) is 0 Å². The van der Waals surface area contributed by atoms with Gasteiger partial charge in [-0.05, 0) is 25.0 Å². The maximum Gasteiger partial charge on any atom is 0.393 e. The van der Waals surface area contributed by atoms with Gasteiger partial charge in [-0.1, -0.05) is 31.0 Å². The van der Waals surface area contributed by atoms with Crippen molar-refractivity contribution in [1.82, 2.24) is 0 Å². The molecule has 2 rings (SSSR count). The number of alkyl halides is 3. The predicted molar refractivity (Wildman–Crippen MR) is 61.9 cm³/mol. The fraction of sp³-hybridized carbons (Fsp3) is 0.538. The Bertz CT molecular complexity index is 347. The minimum atomic E-state index is -4.09. The molecule has 1 aromatic carbocycles. The van der Waals surface area contributed by atoms with Crippen LogP contribution in [0.5, 0.6) is 0 Å². The molecule has 1 fully saturated rings. The van der Waals surface area contributed by atoms with Gasteiger partial charge in [0.05, 0.1) is 5.92 Å². The second-order valence-corrected chi connectivity index (χ2v) is 4.55. The maximum absolute atomic E-state index is 12.9. The van der Waals surface area contributed by atoms with E-state index in [2.05, 4.69) is 5.32 Å². The Kier molecular flexibility index (Phi) is 3.60. The predicted octanol–water partition coefficient (Wildman–Crippen LogP) is 4.22. The molecule has 0 bridgehead atoms. The van der Waals surface area contributed by atoms with E-state index in [-0.39, 0.29) is 6.42 Å². The third kappa shape index (κ3) is 3.14. The second kappa shape index (κ2) is 4.98. The number of rotatable bonds is 2. The molecule has 2 unspecified atom stereocenters. The number of nitrogens with one attached hydrogen (secondary N) is 1. The van der Waals surface area contributed by atoms with Crippen LogP contribution in [0.25, 0.3) is 0 Å².